The number of nitrogens with zero attached hydrogens (tertiary/aromatic N) is 3. The lowest BCUT2D eigenvalue weighted by Gasteiger charge is -2.29. The molecule has 7 nitrogen and oxygen atoms in total. The third kappa shape index (κ3) is 7.47. The van der Waals surface area contributed by atoms with Gasteiger partial charge in [-0.1, -0.05) is 36.2 Å². The Balaban J connectivity index is 1.66. The van der Waals surface area contributed by atoms with Crippen LogP contribution in [0.25, 0.3) is 0 Å². The molecule has 1 atom stereocenters. The molecule has 1 saturated heterocycles. The molecule has 1 aliphatic heterocycles. The second kappa shape index (κ2) is 11.8. The van der Waals surface area contributed by atoms with Gasteiger partial charge in [-0.15, -0.1) is 0 Å². The van der Waals surface area contributed by atoms with Crippen LogP contribution in [0.4, 0.5) is 0 Å². The van der Waals surface area contributed by atoms with Crippen LogP contribution in [0.5, 0.6) is 0 Å². The van der Waals surface area contributed by atoms with E-state index in [1.165, 1.54) is 6.26 Å². The number of carbonyl (C=O) groups excluding carboxylic acids is 1. The molecular formula is C22H30Cl2N4O3. The smallest absolute Gasteiger partial charge is 0.273 e. The van der Waals surface area contributed by atoms with Crippen molar-refractivity contribution in [2.24, 2.45) is 0 Å². The van der Waals surface area contributed by atoms with Crippen molar-refractivity contribution in [3.05, 3.63) is 51.7 Å². The van der Waals surface area contributed by atoms with E-state index >= 15 is 0 Å². The molecule has 3 rings (SSSR count). The Hall–Kier alpha value is -1.64. The molecule has 1 aliphatic rings. The zero-order valence-corrected chi connectivity index (χ0v) is 19.6. The molecule has 0 radical (unpaired) electrons. The molecule has 1 unspecified atom stereocenters. The zero-order valence-electron chi connectivity index (χ0n) is 18.1. The first-order valence-corrected chi connectivity index (χ1v) is 11.4. The highest BCUT2D eigenvalue weighted by atomic mass is 35.5. The lowest BCUT2D eigenvalue weighted by atomic mass is 10.2. The third-order valence-electron chi connectivity index (χ3n) is 5.36. The maximum atomic E-state index is 12.3. The van der Waals surface area contributed by atoms with Gasteiger partial charge in [0.15, 0.2) is 5.69 Å². The zero-order chi connectivity index (χ0) is 22.2. The number of aromatic nitrogens is 1. The van der Waals surface area contributed by atoms with Crippen molar-refractivity contribution in [3.8, 4) is 0 Å². The van der Waals surface area contributed by atoms with Gasteiger partial charge in [-0.25, -0.2) is 4.98 Å². The summed E-state index contributed by atoms with van der Waals surface area (Å²) in [5.41, 5.74) is 1.36. The van der Waals surface area contributed by atoms with Crippen LogP contribution in [-0.4, -0.2) is 66.1 Å². The minimum Gasteiger partial charge on any atom is -0.447 e. The van der Waals surface area contributed by atoms with E-state index in [0.717, 1.165) is 51.4 Å². The molecule has 2 heterocycles. The van der Waals surface area contributed by atoms with Crippen LogP contribution in [0.3, 0.4) is 0 Å². The van der Waals surface area contributed by atoms with E-state index < -0.39 is 0 Å². The molecule has 1 aromatic carbocycles. The highest BCUT2D eigenvalue weighted by Gasteiger charge is 2.18. The van der Waals surface area contributed by atoms with Gasteiger partial charge in [0.1, 0.15) is 6.26 Å². The fraction of sp³-hybridized carbons (Fsp3) is 0.545. The van der Waals surface area contributed by atoms with Crippen LogP contribution in [0, 0.1) is 0 Å². The lowest BCUT2D eigenvalue weighted by Crippen LogP contribution is -2.41. The fourth-order valence-corrected chi connectivity index (χ4v) is 3.62. The molecule has 31 heavy (non-hydrogen) atoms. The highest BCUT2D eigenvalue weighted by Crippen LogP contribution is 2.23. The Labute approximate surface area is 193 Å². The van der Waals surface area contributed by atoms with Crippen LogP contribution >= 0.6 is 23.2 Å². The van der Waals surface area contributed by atoms with Gasteiger partial charge in [-0.2, -0.15) is 0 Å². The number of carbonyl (C=O) groups is 1. The summed E-state index contributed by atoms with van der Waals surface area (Å²) in [5, 5.41) is 3.98. The summed E-state index contributed by atoms with van der Waals surface area (Å²) in [4.78, 5) is 21.3. The number of halogens is 2. The molecule has 0 spiro atoms. The number of ether oxygens (including phenoxy) is 1. The average molecular weight is 469 g/mol. The van der Waals surface area contributed by atoms with Crippen LogP contribution < -0.4 is 5.32 Å². The van der Waals surface area contributed by atoms with Crippen LogP contribution in [-0.2, 0) is 17.8 Å². The summed E-state index contributed by atoms with van der Waals surface area (Å²) in [6.45, 7) is 10.3. The topological polar surface area (TPSA) is 70.8 Å². The normalized spacial score (nSPS) is 15.9. The summed E-state index contributed by atoms with van der Waals surface area (Å²) in [7, 11) is 0. The van der Waals surface area contributed by atoms with Gasteiger partial charge in [0.25, 0.3) is 5.91 Å². The number of nitrogens with one attached hydrogen (secondary N) is 1. The number of oxazole rings is 1. The van der Waals surface area contributed by atoms with Crippen molar-refractivity contribution in [1.82, 2.24) is 20.1 Å². The molecule has 0 aliphatic carbocycles. The second-order valence-corrected chi connectivity index (χ2v) is 8.64. The first kappa shape index (κ1) is 24.0. The van der Waals surface area contributed by atoms with E-state index in [-0.39, 0.29) is 11.9 Å². The largest absolute Gasteiger partial charge is 0.447 e. The van der Waals surface area contributed by atoms with Gasteiger partial charge in [0.2, 0.25) is 5.89 Å². The van der Waals surface area contributed by atoms with Gasteiger partial charge in [0, 0.05) is 38.8 Å². The standard InChI is InChI=1S/C22H30Cl2N4O3/c1-3-16(2)25-22(29)20-15-31-21(26-20)14-28(7-6-27-8-10-30-11-9-27)13-17-4-5-18(23)19(24)12-17/h4-5,12,15-16H,3,6-11,13-14H2,1-2H3,(H,25,29). The predicted octanol–water partition coefficient (Wildman–Crippen LogP) is 3.84. The number of hydrogen-bond acceptors (Lipinski definition) is 6. The summed E-state index contributed by atoms with van der Waals surface area (Å²) in [5.74, 6) is 0.296. The molecule has 1 amide bonds. The third-order valence-corrected chi connectivity index (χ3v) is 6.10. The summed E-state index contributed by atoms with van der Waals surface area (Å²) < 4.78 is 11.0. The van der Waals surface area contributed by atoms with Gasteiger partial charge in [0.05, 0.1) is 29.8 Å². The maximum absolute atomic E-state index is 12.3. The Morgan fingerprint density at radius 2 is 2.03 bits per heavy atom. The Morgan fingerprint density at radius 1 is 1.26 bits per heavy atom. The molecule has 1 aromatic heterocycles. The molecule has 2 aromatic rings. The van der Waals surface area contributed by atoms with Crippen LogP contribution in [0.15, 0.2) is 28.9 Å². The first-order valence-electron chi connectivity index (χ1n) is 10.7. The van der Waals surface area contributed by atoms with Crippen molar-refractivity contribution in [3.63, 3.8) is 0 Å². The molecule has 1 fully saturated rings. The Bertz CT molecular complexity index is 855. The molecule has 0 saturated carbocycles. The van der Waals surface area contributed by atoms with E-state index in [2.05, 4.69) is 20.1 Å². The van der Waals surface area contributed by atoms with Gasteiger partial charge < -0.3 is 14.5 Å². The minimum atomic E-state index is -0.214. The second-order valence-electron chi connectivity index (χ2n) is 7.82. The highest BCUT2D eigenvalue weighted by molar-refractivity contribution is 6.42. The molecule has 0 bridgehead atoms. The predicted molar refractivity (Wildman–Crippen MR) is 122 cm³/mol. The van der Waals surface area contributed by atoms with Gasteiger partial charge >= 0.3 is 0 Å². The van der Waals surface area contributed by atoms with Crippen molar-refractivity contribution < 1.29 is 13.9 Å². The Morgan fingerprint density at radius 3 is 2.74 bits per heavy atom. The van der Waals surface area contributed by atoms with Crippen LogP contribution in [0.1, 0.15) is 42.2 Å². The van der Waals surface area contributed by atoms with E-state index in [0.29, 0.717) is 34.7 Å². The lowest BCUT2D eigenvalue weighted by molar-refractivity contribution is 0.0320. The van der Waals surface area contributed by atoms with Gasteiger partial charge in [-0.05, 0) is 31.0 Å². The number of morpholine rings is 1. The van der Waals surface area contributed by atoms with Crippen molar-refractivity contribution in [2.45, 2.75) is 39.4 Å². The van der Waals surface area contributed by atoms with Crippen molar-refractivity contribution in [2.75, 3.05) is 39.4 Å². The number of hydrogen-bond donors (Lipinski definition) is 1. The molecular weight excluding hydrogens is 439 g/mol. The number of benzene rings is 1. The van der Waals surface area contributed by atoms with Crippen molar-refractivity contribution in [1.29, 1.82) is 0 Å². The van der Waals surface area contributed by atoms with Gasteiger partial charge in [-0.3, -0.25) is 14.6 Å². The fourth-order valence-electron chi connectivity index (χ4n) is 3.30. The van der Waals surface area contributed by atoms with E-state index in [1.807, 2.05) is 32.0 Å². The summed E-state index contributed by atoms with van der Waals surface area (Å²) in [6, 6.07) is 5.75. The summed E-state index contributed by atoms with van der Waals surface area (Å²) >= 11 is 12.3. The van der Waals surface area contributed by atoms with E-state index in [1.54, 1.807) is 0 Å². The first-order chi connectivity index (χ1) is 14.9. The monoisotopic (exact) mass is 468 g/mol. The SMILES string of the molecule is CCC(C)NC(=O)c1coc(CN(CCN2CCOCC2)Cc2ccc(Cl)c(Cl)c2)n1. The van der Waals surface area contributed by atoms with Crippen LogP contribution in [0.2, 0.25) is 10.0 Å². The van der Waals surface area contributed by atoms with E-state index in [4.69, 9.17) is 32.4 Å². The minimum absolute atomic E-state index is 0.0901. The summed E-state index contributed by atoms with van der Waals surface area (Å²) in [6.07, 6.45) is 2.28. The number of amides is 1. The van der Waals surface area contributed by atoms with E-state index in [9.17, 15) is 4.79 Å². The Kier molecular flexibility index (Phi) is 9.16. The molecule has 170 valence electrons. The quantitative estimate of drug-likeness (QED) is 0.570. The molecule has 1 N–H and O–H groups in total. The number of rotatable bonds is 10. The maximum Gasteiger partial charge on any atom is 0.273 e. The molecule has 9 heteroatoms. The average Bonchev–Trinajstić information content (AvgIpc) is 3.24. The van der Waals surface area contributed by atoms with Crippen molar-refractivity contribution >= 4 is 29.1 Å².